The predicted molar refractivity (Wildman–Crippen MR) is 77.1 cm³/mol. The topological polar surface area (TPSA) is 95.2 Å². The number of anilines is 1. The average Bonchev–Trinajstić information content (AvgIpc) is 2.52. The van der Waals surface area contributed by atoms with Crippen molar-refractivity contribution in [2.75, 3.05) is 19.0 Å². The van der Waals surface area contributed by atoms with E-state index in [2.05, 4.69) is 10.3 Å². The van der Waals surface area contributed by atoms with Crippen molar-refractivity contribution in [3.05, 3.63) is 42.0 Å². The van der Waals surface area contributed by atoms with Crippen molar-refractivity contribution in [3.63, 3.8) is 0 Å². The number of carbonyl (C=O) groups is 1. The molecule has 6 heteroatoms. The fourth-order valence-electron chi connectivity index (χ4n) is 1.77. The molecule has 2 aromatic rings. The molecule has 0 amide bonds. The molecule has 2 rings (SSSR count). The molecule has 0 bridgehead atoms. The van der Waals surface area contributed by atoms with Crippen LogP contribution < -0.4 is 10.1 Å². The number of aliphatic carboxylic acids is 1. The van der Waals surface area contributed by atoms with Crippen molar-refractivity contribution in [1.82, 2.24) is 4.98 Å². The molecule has 6 nitrogen and oxygen atoms in total. The fraction of sp³-hybridized carbons (Fsp3) is 0.133. The molecule has 0 spiro atoms. The van der Waals surface area contributed by atoms with Gasteiger partial charge in [0.05, 0.1) is 18.4 Å². The number of rotatable bonds is 5. The molecule has 0 aliphatic rings. The minimum absolute atomic E-state index is 0.258. The number of aromatic nitrogens is 1. The first-order valence-corrected chi connectivity index (χ1v) is 6.15. The van der Waals surface area contributed by atoms with Gasteiger partial charge in [-0.05, 0) is 36.4 Å². The van der Waals surface area contributed by atoms with E-state index in [-0.39, 0.29) is 12.4 Å². The average molecular weight is 283 g/mol. The highest BCUT2D eigenvalue weighted by molar-refractivity contribution is 5.74. The van der Waals surface area contributed by atoms with Gasteiger partial charge >= 0.3 is 5.97 Å². The maximum atomic E-state index is 10.6. The number of nitrogens with zero attached hydrogens (tertiary/aromatic N) is 2. The van der Waals surface area contributed by atoms with Crippen molar-refractivity contribution >= 4 is 11.8 Å². The first-order valence-electron chi connectivity index (χ1n) is 6.15. The zero-order valence-electron chi connectivity index (χ0n) is 11.3. The molecule has 1 heterocycles. The van der Waals surface area contributed by atoms with Crippen molar-refractivity contribution < 1.29 is 14.6 Å². The summed E-state index contributed by atoms with van der Waals surface area (Å²) in [6, 6.07) is 12.6. The van der Waals surface area contributed by atoms with Crippen LogP contribution in [0.2, 0.25) is 0 Å². The Morgan fingerprint density at radius 3 is 2.62 bits per heavy atom. The first-order chi connectivity index (χ1) is 10.1. The fourth-order valence-corrected chi connectivity index (χ4v) is 1.77. The Morgan fingerprint density at radius 1 is 1.33 bits per heavy atom. The summed E-state index contributed by atoms with van der Waals surface area (Å²) in [6.07, 6.45) is 0. The number of carboxylic acid groups (broad SMARTS) is 1. The maximum absolute atomic E-state index is 10.6. The summed E-state index contributed by atoms with van der Waals surface area (Å²) in [5.41, 5.74) is 1.79. The lowest BCUT2D eigenvalue weighted by atomic mass is 10.1. The smallest absolute Gasteiger partial charge is 0.322 e. The van der Waals surface area contributed by atoms with Gasteiger partial charge in [-0.1, -0.05) is 0 Å². The summed E-state index contributed by atoms with van der Waals surface area (Å²) >= 11 is 0. The van der Waals surface area contributed by atoms with Gasteiger partial charge in [-0.3, -0.25) is 4.79 Å². The highest BCUT2D eigenvalue weighted by atomic mass is 16.5. The molecule has 1 aromatic heterocycles. The number of carboxylic acids is 1. The third kappa shape index (κ3) is 3.48. The molecule has 0 fully saturated rings. The number of hydrogen-bond acceptors (Lipinski definition) is 5. The normalized spacial score (nSPS) is 9.71. The molecule has 1 aromatic carbocycles. The Balaban J connectivity index is 2.33. The van der Waals surface area contributed by atoms with Crippen LogP contribution in [0.4, 0.5) is 5.82 Å². The summed E-state index contributed by atoms with van der Waals surface area (Å²) in [4.78, 5) is 14.9. The molecular weight excluding hydrogens is 270 g/mol. The van der Waals surface area contributed by atoms with Crippen LogP contribution in [-0.4, -0.2) is 29.7 Å². The van der Waals surface area contributed by atoms with Crippen LogP contribution in [0, 0.1) is 11.3 Å². The van der Waals surface area contributed by atoms with Gasteiger partial charge in [0.25, 0.3) is 0 Å². The molecule has 0 saturated carbocycles. The zero-order chi connectivity index (χ0) is 15.2. The third-order valence-corrected chi connectivity index (χ3v) is 2.81. The van der Waals surface area contributed by atoms with Crippen molar-refractivity contribution in [3.8, 4) is 23.1 Å². The molecule has 0 aliphatic carbocycles. The predicted octanol–water partition coefficient (Wildman–Crippen LogP) is 2.13. The van der Waals surface area contributed by atoms with E-state index in [4.69, 9.17) is 15.1 Å². The maximum Gasteiger partial charge on any atom is 0.322 e. The zero-order valence-corrected chi connectivity index (χ0v) is 11.3. The number of nitriles is 1. The van der Waals surface area contributed by atoms with E-state index in [1.54, 1.807) is 31.4 Å². The lowest BCUT2D eigenvalue weighted by Crippen LogP contribution is -2.14. The van der Waals surface area contributed by atoms with E-state index in [1.165, 1.54) is 0 Å². The molecule has 0 atom stereocenters. The minimum Gasteiger partial charge on any atom is -0.497 e. The van der Waals surface area contributed by atoms with Crippen molar-refractivity contribution in [2.24, 2.45) is 0 Å². The molecule has 0 aliphatic heterocycles. The Kier molecular flexibility index (Phi) is 4.36. The molecule has 0 saturated heterocycles. The molecule has 21 heavy (non-hydrogen) atoms. The number of ether oxygens (including phenoxy) is 1. The van der Waals surface area contributed by atoms with Gasteiger partial charge in [-0.25, -0.2) is 4.98 Å². The van der Waals surface area contributed by atoms with Crippen LogP contribution in [0.25, 0.3) is 11.3 Å². The summed E-state index contributed by atoms with van der Waals surface area (Å²) in [5, 5.41) is 20.4. The van der Waals surface area contributed by atoms with E-state index in [1.807, 2.05) is 18.2 Å². The number of methoxy groups -OCH3 is 1. The summed E-state index contributed by atoms with van der Waals surface area (Å²) < 4.78 is 5.09. The highest BCUT2D eigenvalue weighted by Gasteiger charge is 2.08. The van der Waals surface area contributed by atoms with Gasteiger partial charge in [-0.15, -0.1) is 0 Å². The minimum atomic E-state index is -1.02. The Bertz CT molecular complexity index is 690. The largest absolute Gasteiger partial charge is 0.497 e. The quantitative estimate of drug-likeness (QED) is 0.872. The lowest BCUT2D eigenvalue weighted by molar-refractivity contribution is -0.134. The number of benzene rings is 1. The monoisotopic (exact) mass is 283 g/mol. The second-order valence-corrected chi connectivity index (χ2v) is 4.18. The van der Waals surface area contributed by atoms with E-state index < -0.39 is 5.97 Å². The van der Waals surface area contributed by atoms with Crippen LogP contribution in [-0.2, 0) is 4.79 Å². The van der Waals surface area contributed by atoms with E-state index in [9.17, 15) is 4.79 Å². The second-order valence-electron chi connectivity index (χ2n) is 4.18. The van der Waals surface area contributed by atoms with Gasteiger partial charge < -0.3 is 15.2 Å². The molecule has 0 radical (unpaired) electrons. The van der Waals surface area contributed by atoms with Gasteiger partial charge in [-0.2, -0.15) is 5.26 Å². The van der Waals surface area contributed by atoms with E-state index in [0.29, 0.717) is 11.3 Å². The highest BCUT2D eigenvalue weighted by Crippen LogP contribution is 2.23. The van der Waals surface area contributed by atoms with Crippen LogP contribution in [0.5, 0.6) is 5.75 Å². The third-order valence-electron chi connectivity index (χ3n) is 2.81. The summed E-state index contributed by atoms with van der Waals surface area (Å²) in [7, 11) is 1.59. The standard InChI is InChI=1S/C15H13N3O3/c1-21-12-5-2-10(3-6-12)13-7-4-11(8-16)15(18-13)17-9-14(19)20/h2-7H,9H2,1H3,(H,17,18)(H,19,20). The Hall–Kier alpha value is -3.07. The van der Waals surface area contributed by atoms with Crippen LogP contribution >= 0.6 is 0 Å². The van der Waals surface area contributed by atoms with E-state index >= 15 is 0 Å². The van der Waals surface area contributed by atoms with Gasteiger partial charge in [0, 0.05) is 5.56 Å². The van der Waals surface area contributed by atoms with Gasteiger partial charge in [0.1, 0.15) is 24.2 Å². The molecular formula is C15H13N3O3. The molecule has 2 N–H and O–H groups in total. The van der Waals surface area contributed by atoms with Crippen LogP contribution in [0.3, 0.4) is 0 Å². The second kappa shape index (κ2) is 6.39. The number of pyridine rings is 1. The van der Waals surface area contributed by atoms with Gasteiger partial charge in [0.15, 0.2) is 0 Å². The Labute approximate surface area is 121 Å². The van der Waals surface area contributed by atoms with Crippen molar-refractivity contribution in [2.45, 2.75) is 0 Å². The first kappa shape index (κ1) is 14.3. The SMILES string of the molecule is COc1ccc(-c2ccc(C#N)c(NCC(=O)O)n2)cc1. The summed E-state index contributed by atoms with van der Waals surface area (Å²) in [6.45, 7) is -0.298. The molecule has 106 valence electrons. The van der Waals surface area contributed by atoms with Crippen molar-refractivity contribution in [1.29, 1.82) is 5.26 Å². The van der Waals surface area contributed by atoms with Crippen LogP contribution in [0.15, 0.2) is 36.4 Å². The summed E-state index contributed by atoms with van der Waals surface area (Å²) in [5.74, 6) is -0.0274. The lowest BCUT2D eigenvalue weighted by Gasteiger charge is -2.08. The Morgan fingerprint density at radius 2 is 2.05 bits per heavy atom. The van der Waals surface area contributed by atoms with Gasteiger partial charge in [0.2, 0.25) is 0 Å². The number of nitrogens with one attached hydrogen (secondary N) is 1. The van der Waals surface area contributed by atoms with Crippen LogP contribution in [0.1, 0.15) is 5.56 Å². The number of hydrogen-bond donors (Lipinski definition) is 2. The van der Waals surface area contributed by atoms with E-state index in [0.717, 1.165) is 11.3 Å². The molecule has 0 unspecified atom stereocenters.